The van der Waals surface area contributed by atoms with E-state index in [0.717, 1.165) is 12.8 Å². The van der Waals surface area contributed by atoms with Crippen molar-refractivity contribution in [2.45, 2.75) is 43.7 Å². The van der Waals surface area contributed by atoms with Crippen LogP contribution in [0.4, 0.5) is 11.6 Å². The third-order valence-electron chi connectivity index (χ3n) is 3.34. The van der Waals surface area contributed by atoms with Crippen molar-refractivity contribution in [3.63, 3.8) is 0 Å². The second-order valence-corrected chi connectivity index (χ2v) is 7.65. The predicted octanol–water partition coefficient (Wildman–Crippen LogP) is 2.64. The van der Waals surface area contributed by atoms with E-state index in [9.17, 15) is 8.42 Å². The van der Waals surface area contributed by atoms with E-state index in [1.165, 1.54) is 12.1 Å². The molecule has 0 saturated heterocycles. The molecule has 1 aliphatic rings. The zero-order chi connectivity index (χ0) is 17.2. The molecule has 0 amide bonds. The van der Waals surface area contributed by atoms with Crippen LogP contribution in [0.2, 0.25) is 0 Å². The minimum absolute atomic E-state index is 0.0311. The summed E-state index contributed by atoms with van der Waals surface area (Å²) in [5.41, 5.74) is 0. The molecule has 1 aromatic carbocycles. The highest BCUT2D eigenvalue weighted by molar-refractivity contribution is 7.92. The van der Waals surface area contributed by atoms with E-state index in [2.05, 4.69) is 20.2 Å². The van der Waals surface area contributed by atoms with Crippen molar-refractivity contribution in [2.75, 3.05) is 10.0 Å². The minimum atomic E-state index is -3.71. The van der Waals surface area contributed by atoms with Gasteiger partial charge in [-0.05, 0) is 63.1 Å². The second-order valence-electron chi connectivity index (χ2n) is 5.97. The van der Waals surface area contributed by atoms with Gasteiger partial charge in [0.25, 0.3) is 10.0 Å². The van der Waals surface area contributed by atoms with Crippen molar-refractivity contribution in [3.8, 4) is 5.75 Å². The summed E-state index contributed by atoms with van der Waals surface area (Å²) in [4.78, 5) is 0.139. The highest BCUT2D eigenvalue weighted by Crippen LogP contribution is 2.24. The van der Waals surface area contributed by atoms with Gasteiger partial charge in [0.1, 0.15) is 11.6 Å². The standard InChI is InChI=1S/C16H20N4O3S/c1-11(2)23-13-5-7-14(8-6-13)24(21,22)20-16-10-9-15(18-19-16)17-12-3-4-12/h5-12H,3-4H2,1-2H3,(H,17,18)(H,19,20). The van der Waals surface area contributed by atoms with Crippen LogP contribution >= 0.6 is 0 Å². The summed E-state index contributed by atoms with van der Waals surface area (Å²) in [6.45, 7) is 3.82. The van der Waals surface area contributed by atoms with Crippen LogP contribution in [0.15, 0.2) is 41.3 Å². The summed E-state index contributed by atoms with van der Waals surface area (Å²) < 4.78 is 32.7. The molecule has 1 aliphatic carbocycles. The SMILES string of the molecule is CC(C)Oc1ccc(S(=O)(=O)Nc2ccc(NC3CC3)nn2)cc1. The maximum Gasteiger partial charge on any atom is 0.263 e. The van der Waals surface area contributed by atoms with E-state index in [0.29, 0.717) is 17.6 Å². The average molecular weight is 348 g/mol. The second kappa shape index (κ2) is 6.64. The Morgan fingerprint density at radius 1 is 1.04 bits per heavy atom. The summed E-state index contributed by atoms with van der Waals surface area (Å²) in [6.07, 6.45) is 2.29. The predicted molar refractivity (Wildman–Crippen MR) is 91.7 cm³/mol. The molecule has 1 saturated carbocycles. The Hall–Kier alpha value is -2.35. The first-order valence-corrected chi connectivity index (χ1v) is 9.30. The fourth-order valence-corrected chi connectivity index (χ4v) is 3.06. The van der Waals surface area contributed by atoms with Crippen LogP contribution < -0.4 is 14.8 Å². The summed E-state index contributed by atoms with van der Waals surface area (Å²) in [5, 5.41) is 11.1. The van der Waals surface area contributed by atoms with Gasteiger partial charge in [0, 0.05) is 6.04 Å². The van der Waals surface area contributed by atoms with Crippen LogP contribution in [0.5, 0.6) is 5.75 Å². The van der Waals surface area contributed by atoms with Gasteiger partial charge in [-0.25, -0.2) is 8.42 Å². The first-order chi connectivity index (χ1) is 11.4. The number of hydrogen-bond acceptors (Lipinski definition) is 6. The van der Waals surface area contributed by atoms with Gasteiger partial charge in [0.15, 0.2) is 5.82 Å². The van der Waals surface area contributed by atoms with Gasteiger partial charge in [-0.3, -0.25) is 4.72 Å². The van der Waals surface area contributed by atoms with Crippen molar-refractivity contribution >= 4 is 21.7 Å². The summed E-state index contributed by atoms with van der Waals surface area (Å²) >= 11 is 0. The van der Waals surface area contributed by atoms with Crippen LogP contribution in [-0.2, 0) is 10.0 Å². The molecule has 0 radical (unpaired) electrons. The zero-order valence-electron chi connectivity index (χ0n) is 13.6. The first kappa shape index (κ1) is 16.5. The Morgan fingerprint density at radius 2 is 1.67 bits per heavy atom. The van der Waals surface area contributed by atoms with Gasteiger partial charge in [0.2, 0.25) is 0 Å². The lowest BCUT2D eigenvalue weighted by atomic mass is 10.3. The molecule has 2 aromatic rings. The van der Waals surface area contributed by atoms with Crippen molar-refractivity contribution in [2.24, 2.45) is 0 Å². The number of ether oxygens (including phenoxy) is 1. The molecule has 128 valence electrons. The number of hydrogen-bond donors (Lipinski definition) is 2. The van der Waals surface area contributed by atoms with Gasteiger partial charge < -0.3 is 10.1 Å². The Balaban J connectivity index is 1.68. The van der Waals surface area contributed by atoms with Gasteiger partial charge in [0.05, 0.1) is 11.0 Å². The molecular weight excluding hydrogens is 328 g/mol. The molecular formula is C16H20N4O3S. The van der Waals surface area contributed by atoms with Crippen LogP contribution in [0, 0.1) is 0 Å². The van der Waals surface area contributed by atoms with Crippen molar-refractivity contribution in [1.82, 2.24) is 10.2 Å². The van der Waals surface area contributed by atoms with Gasteiger partial charge in [-0.2, -0.15) is 0 Å². The molecule has 0 unspecified atom stereocenters. The van der Waals surface area contributed by atoms with Crippen molar-refractivity contribution < 1.29 is 13.2 Å². The highest BCUT2D eigenvalue weighted by Gasteiger charge is 2.21. The molecule has 0 atom stereocenters. The number of aromatic nitrogens is 2. The lowest BCUT2D eigenvalue weighted by Gasteiger charge is -2.11. The number of benzene rings is 1. The van der Waals surface area contributed by atoms with Crippen LogP contribution in [-0.4, -0.2) is 30.8 Å². The summed E-state index contributed by atoms with van der Waals surface area (Å²) in [6, 6.07) is 10.0. The lowest BCUT2D eigenvalue weighted by molar-refractivity contribution is 0.242. The Bertz CT molecular complexity index is 785. The maximum absolute atomic E-state index is 12.4. The average Bonchev–Trinajstić information content (AvgIpc) is 3.33. The monoisotopic (exact) mass is 348 g/mol. The summed E-state index contributed by atoms with van der Waals surface area (Å²) in [5.74, 6) is 1.45. The first-order valence-electron chi connectivity index (χ1n) is 7.82. The molecule has 1 aromatic heterocycles. The fraction of sp³-hybridized carbons (Fsp3) is 0.375. The van der Waals surface area contributed by atoms with Gasteiger partial charge >= 0.3 is 0 Å². The van der Waals surface area contributed by atoms with E-state index < -0.39 is 10.0 Å². The smallest absolute Gasteiger partial charge is 0.263 e. The quantitative estimate of drug-likeness (QED) is 0.799. The molecule has 1 fully saturated rings. The Morgan fingerprint density at radius 3 is 2.21 bits per heavy atom. The van der Waals surface area contributed by atoms with E-state index >= 15 is 0 Å². The molecule has 0 bridgehead atoms. The highest BCUT2D eigenvalue weighted by atomic mass is 32.2. The van der Waals surface area contributed by atoms with E-state index in [1.54, 1.807) is 24.3 Å². The molecule has 0 aliphatic heterocycles. The number of anilines is 2. The van der Waals surface area contributed by atoms with Crippen LogP contribution in [0.1, 0.15) is 26.7 Å². The van der Waals surface area contributed by atoms with Gasteiger partial charge in [-0.15, -0.1) is 10.2 Å². The summed E-state index contributed by atoms with van der Waals surface area (Å²) in [7, 11) is -3.71. The maximum atomic E-state index is 12.4. The number of rotatable bonds is 7. The molecule has 0 spiro atoms. The molecule has 7 nitrogen and oxygen atoms in total. The van der Waals surface area contributed by atoms with Crippen molar-refractivity contribution in [3.05, 3.63) is 36.4 Å². The molecule has 24 heavy (non-hydrogen) atoms. The number of nitrogens with zero attached hydrogens (tertiary/aromatic N) is 2. The van der Waals surface area contributed by atoms with E-state index in [4.69, 9.17) is 4.74 Å². The normalized spacial score (nSPS) is 14.5. The van der Waals surface area contributed by atoms with E-state index in [1.807, 2.05) is 13.8 Å². The van der Waals surface area contributed by atoms with Crippen molar-refractivity contribution in [1.29, 1.82) is 0 Å². The Kier molecular flexibility index (Phi) is 4.57. The van der Waals surface area contributed by atoms with Gasteiger partial charge in [-0.1, -0.05) is 0 Å². The zero-order valence-corrected chi connectivity index (χ0v) is 14.4. The number of sulfonamides is 1. The molecule has 1 heterocycles. The van der Waals surface area contributed by atoms with Crippen LogP contribution in [0.25, 0.3) is 0 Å². The minimum Gasteiger partial charge on any atom is -0.491 e. The topological polar surface area (TPSA) is 93.2 Å². The fourth-order valence-electron chi connectivity index (χ4n) is 2.07. The molecule has 3 rings (SSSR count). The number of nitrogens with one attached hydrogen (secondary N) is 2. The Labute approximate surface area is 141 Å². The molecule has 2 N–H and O–H groups in total. The largest absolute Gasteiger partial charge is 0.491 e. The third-order valence-corrected chi connectivity index (χ3v) is 4.71. The lowest BCUT2D eigenvalue weighted by Crippen LogP contribution is -2.15. The van der Waals surface area contributed by atoms with Crippen LogP contribution in [0.3, 0.4) is 0 Å². The molecule has 8 heteroatoms. The third kappa shape index (κ3) is 4.35. The van der Waals surface area contributed by atoms with E-state index in [-0.39, 0.29) is 16.8 Å².